The molecule has 1 aromatic carbocycles. The summed E-state index contributed by atoms with van der Waals surface area (Å²) in [6.45, 7) is 2.56. The monoisotopic (exact) mass is 347 g/mol. The van der Waals surface area contributed by atoms with Gasteiger partial charge < -0.3 is 14.4 Å². The van der Waals surface area contributed by atoms with Gasteiger partial charge in [0.25, 0.3) is 5.91 Å². The number of hydrogen-bond acceptors (Lipinski definition) is 4. The quantitative estimate of drug-likeness (QED) is 0.834. The van der Waals surface area contributed by atoms with Gasteiger partial charge >= 0.3 is 0 Å². The summed E-state index contributed by atoms with van der Waals surface area (Å²) in [5, 5.41) is 0. The molecule has 1 aromatic heterocycles. The molecule has 1 amide bonds. The number of amides is 1. The second kappa shape index (κ2) is 6.27. The van der Waals surface area contributed by atoms with Gasteiger partial charge in [-0.25, -0.2) is 4.39 Å². The number of nitrogens with zero attached hydrogens (tertiary/aromatic N) is 1. The van der Waals surface area contributed by atoms with Crippen molar-refractivity contribution in [3.8, 4) is 10.4 Å². The van der Waals surface area contributed by atoms with E-state index in [4.69, 9.17) is 9.47 Å². The molecule has 0 atom stereocenters. The Labute approximate surface area is 143 Å². The topological polar surface area (TPSA) is 38.8 Å². The lowest BCUT2D eigenvalue weighted by Gasteiger charge is -2.37. The van der Waals surface area contributed by atoms with Crippen LogP contribution in [0.15, 0.2) is 36.4 Å². The highest BCUT2D eigenvalue weighted by atomic mass is 32.1. The molecule has 2 saturated heterocycles. The Morgan fingerprint density at radius 1 is 1.04 bits per heavy atom. The van der Waals surface area contributed by atoms with Crippen LogP contribution in [0.2, 0.25) is 0 Å². The first-order valence-corrected chi connectivity index (χ1v) is 8.90. The fourth-order valence-electron chi connectivity index (χ4n) is 3.21. The number of carbonyl (C=O) groups excluding carboxylic acids is 1. The maximum atomic E-state index is 13.0. The fraction of sp³-hybridized carbons (Fsp3) is 0.389. The van der Waals surface area contributed by atoms with Crippen LogP contribution in [0.1, 0.15) is 22.5 Å². The third kappa shape index (κ3) is 2.97. The van der Waals surface area contributed by atoms with Gasteiger partial charge in [-0.05, 0) is 29.8 Å². The summed E-state index contributed by atoms with van der Waals surface area (Å²) in [6.07, 6.45) is 1.43. The van der Waals surface area contributed by atoms with E-state index in [0.717, 1.165) is 23.3 Å². The largest absolute Gasteiger partial charge is 0.347 e. The molecule has 0 bridgehead atoms. The predicted molar refractivity (Wildman–Crippen MR) is 89.5 cm³/mol. The summed E-state index contributed by atoms with van der Waals surface area (Å²) in [5.74, 6) is -0.683. The maximum Gasteiger partial charge on any atom is 0.263 e. The average Bonchev–Trinajstić information content (AvgIpc) is 3.26. The van der Waals surface area contributed by atoms with Crippen molar-refractivity contribution in [2.45, 2.75) is 18.6 Å². The number of rotatable bonds is 2. The lowest BCUT2D eigenvalue weighted by molar-refractivity contribution is -0.181. The molecule has 0 N–H and O–H groups in total. The second-order valence-electron chi connectivity index (χ2n) is 6.07. The van der Waals surface area contributed by atoms with Crippen molar-refractivity contribution >= 4 is 17.2 Å². The lowest BCUT2D eigenvalue weighted by atomic mass is 10.0. The minimum absolute atomic E-state index is 0.0428. The van der Waals surface area contributed by atoms with Crippen LogP contribution >= 0.6 is 11.3 Å². The van der Waals surface area contributed by atoms with Crippen LogP contribution in [-0.4, -0.2) is 42.9 Å². The number of benzene rings is 1. The van der Waals surface area contributed by atoms with Crippen molar-refractivity contribution in [1.29, 1.82) is 0 Å². The standard InChI is InChI=1S/C18H18FNO3S/c19-14-3-1-13(2-4-14)15-5-6-16(24-15)17(21)20-9-7-18(8-10-20)22-11-12-23-18/h1-6H,7-12H2. The van der Waals surface area contributed by atoms with E-state index in [1.165, 1.54) is 23.5 Å². The molecule has 4 nitrogen and oxygen atoms in total. The van der Waals surface area contributed by atoms with Gasteiger partial charge in [-0.1, -0.05) is 12.1 Å². The molecule has 3 heterocycles. The molecule has 4 rings (SSSR count). The summed E-state index contributed by atoms with van der Waals surface area (Å²) in [7, 11) is 0. The van der Waals surface area contributed by atoms with Gasteiger partial charge in [-0.3, -0.25) is 4.79 Å². The summed E-state index contributed by atoms with van der Waals surface area (Å²) in [4.78, 5) is 16.2. The van der Waals surface area contributed by atoms with E-state index in [1.807, 2.05) is 17.0 Å². The molecule has 0 unspecified atom stereocenters. The van der Waals surface area contributed by atoms with E-state index < -0.39 is 5.79 Å². The second-order valence-corrected chi connectivity index (χ2v) is 7.15. The summed E-state index contributed by atoms with van der Waals surface area (Å²) in [5.41, 5.74) is 0.922. The zero-order valence-electron chi connectivity index (χ0n) is 13.2. The Balaban J connectivity index is 1.45. The van der Waals surface area contributed by atoms with Gasteiger partial charge in [-0.15, -0.1) is 11.3 Å². The van der Waals surface area contributed by atoms with Gasteiger partial charge in [0, 0.05) is 30.8 Å². The Morgan fingerprint density at radius 3 is 2.38 bits per heavy atom. The molecule has 6 heteroatoms. The van der Waals surface area contributed by atoms with Crippen LogP contribution in [-0.2, 0) is 9.47 Å². The predicted octanol–water partition coefficient (Wildman–Crippen LogP) is 3.53. The molecule has 2 fully saturated rings. The number of carbonyl (C=O) groups is 1. The third-order valence-electron chi connectivity index (χ3n) is 4.57. The lowest BCUT2D eigenvalue weighted by Crippen LogP contribution is -2.47. The van der Waals surface area contributed by atoms with Crippen molar-refractivity contribution in [2.75, 3.05) is 26.3 Å². The molecule has 126 valence electrons. The minimum atomic E-state index is -0.467. The van der Waals surface area contributed by atoms with Crippen LogP contribution in [0.5, 0.6) is 0 Å². The molecule has 0 radical (unpaired) electrons. The van der Waals surface area contributed by atoms with Crippen molar-refractivity contribution < 1.29 is 18.7 Å². The van der Waals surface area contributed by atoms with Crippen molar-refractivity contribution in [2.24, 2.45) is 0 Å². The molecule has 0 saturated carbocycles. The molecule has 2 aliphatic rings. The number of likely N-dealkylation sites (tertiary alicyclic amines) is 1. The molecule has 24 heavy (non-hydrogen) atoms. The van der Waals surface area contributed by atoms with Gasteiger partial charge in [0.15, 0.2) is 5.79 Å². The van der Waals surface area contributed by atoms with Gasteiger partial charge in [0.2, 0.25) is 0 Å². The highest BCUT2D eigenvalue weighted by Gasteiger charge is 2.41. The number of halogens is 1. The summed E-state index contributed by atoms with van der Waals surface area (Å²) >= 11 is 1.44. The Kier molecular flexibility index (Phi) is 4.12. The van der Waals surface area contributed by atoms with Crippen LogP contribution in [0.3, 0.4) is 0 Å². The van der Waals surface area contributed by atoms with E-state index in [9.17, 15) is 9.18 Å². The first-order chi connectivity index (χ1) is 11.7. The Morgan fingerprint density at radius 2 is 1.71 bits per heavy atom. The van der Waals surface area contributed by atoms with E-state index in [0.29, 0.717) is 31.2 Å². The van der Waals surface area contributed by atoms with E-state index in [1.54, 1.807) is 12.1 Å². The van der Waals surface area contributed by atoms with Crippen LogP contribution < -0.4 is 0 Å². The zero-order chi connectivity index (χ0) is 16.6. The average molecular weight is 347 g/mol. The first kappa shape index (κ1) is 15.7. The highest BCUT2D eigenvalue weighted by molar-refractivity contribution is 7.17. The molecule has 2 aliphatic heterocycles. The van der Waals surface area contributed by atoms with Gasteiger partial charge in [-0.2, -0.15) is 0 Å². The Hall–Kier alpha value is -1.76. The first-order valence-electron chi connectivity index (χ1n) is 8.08. The van der Waals surface area contributed by atoms with Gasteiger partial charge in [0.05, 0.1) is 18.1 Å². The molecule has 0 aliphatic carbocycles. The fourth-order valence-corrected chi connectivity index (χ4v) is 4.19. The normalized spacial score (nSPS) is 19.8. The van der Waals surface area contributed by atoms with E-state index in [2.05, 4.69) is 0 Å². The minimum Gasteiger partial charge on any atom is -0.347 e. The molecular formula is C18H18FNO3S. The number of piperidine rings is 1. The zero-order valence-corrected chi connectivity index (χ0v) is 14.0. The molecule has 1 spiro atoms. The smallest absolute Gasteiger partial charge is 0.263 e. The van der Waals surface area contributed by atoms with Gasteiger partial charge in [0.1, 0.15) is 5.82 Å². The van der Waals surface area contributed by atoms with E-state index in [-0.39, 0.29) is 11.7 Å². The highest BCUT2D eigenvalue weighted by Crippen LogP contribution is 2.33. The summed E-state index contributed by atoms with van der Waals surface area (Å²) in [6, 6.07) is 10.1. The van der Waals surface area contributed by atoms with E-state index >= 15 is 0 Å². The van der Waals surface area contributed by atoms with Crippen molar-refractivity contribution in [3.05, 3.63) is 47.1 Å². The van der Waals surface area contributed by atoms with Crippen molar-refractivity contribution in [1.82, 2.24) is 4.90 Å². The van der Waals surface area contributed by atoms with Crippen LogP contribution in [0.4, 0.5) is 4.39 Å². The van der Waals surface area contributed by atoms with Crippen LogP contribution in [0, 0.1) is 5.82 Å². The summed E-state index contributed by atoms with van der Waals surface area (Å²) < 4.78 is 24.4. The number of thiophene rings is 1. The molecular weight excluding hydrogens is 329 g/mol. The number of hydrogen-bond donors (Lipinski definition) is 0. The van der Waals surface area contributed by atoms with Crippen LogP contribution in [0.25, 0.3) is 10.4 Å². The third-order valence-corrected chi connectivity index (χ3v) is 5.69. The Bertz CT molecular complexity index is 727. The maximum absolute atomic E-state index is 13.0. The molecule has 2 aromatic rings. The SMILES string of the molecule is O=C(c1ccc(-c2ccc(F)cc2)s1)N1CCC2(CC1)OCCO2. The number of ether oxygens (including phenoxy) is 2. The van der Waals surface area contributed by atoms with Crippen molar-refractivity contribution in [3.63, 3.8) is 0 Å².